The number of nitrogens with zero attached hydrogens (tertiary/aromatic N) is 1. The van der Waals surface area contributed by atoms with Gasteiger partial charge in [-0.25, -0.2) is 4.79 Å². The number of carbonyl (C=O) groups is 2. The summed E-state index contributed by atoms with van der Waals surface area (Å²) in [6, 6.07) is 17.4. The predicted octanol–water partition coefficient (Wildman–Crippen LogP) is 5.18. The molecule has 3 rings (SSSR count). The van der Waals surface area contributed by atoms with Crippen molar-refractivity contribution in [3.63, 3.8) is 0 Å². The molecule has 2 aromatic rings. The number of carboxylic acid groups (broad SMARTS) is 1. The summed E-state index contributed by atoms with van der Waals surface area (Å²) < 4.78 is 5.77. The summed E-state index contributed by atoms with van der Waals surface area (Å²) in [5.41, 5.74) is 1.91. The zero-order chi connectivity index (χ0) is 24.2. The van der Waals surface area contributed by atoms with E-state index >= 15 is 0 Å². The van der Waals surface area contributed by atoms with E-state index in [4.69, 9.17) is 4.74 Å². The lowest BCUT2D eigenvalue weighted by atomic mass is 9.67. The van der Waals surface area contributed by atoms with Crippen LogP contribution in [0.4, 0.5) is 0 Å². The van der Waals surface area contributed by atoms with Gasteiger partial charge in [-0.1, -0.05) is 56.3 Å². The minimum Gasteiger partial charge on any atom is -0.478 e. The summed E-state index contributed by atoms with van der Waals surface area (Å²) >= 11 is 0. The Balaban J connectivity index is 1.74. The summed E-state index contributed by atoms with van der Waals surface area (Å²) in [4.78, 5) is 26.9. The van der Waals surface area contributed by atoms with Gasteiger partial charge in [0.2, 0.25) is 0 Å². The second kappa shape index (κ2) is 10.1. The van der Waals surface area contributed by atoms with Crippen LogP contribution in [-0.4, -0.2) is 47.2 Å². The molecule has 3 unspecified atom stereocenters. The van der Waals surface area contributed by atoms with Gasteiger partial charge in [-0.05, 0) is 74.8 Å². The van der Waals surface area contributed by atoms with E-state index < -0.39 is 11.6 Å². The van der Waals surface area contributed by atoms with Gasteiger partial charge in [-0.15, -0.1) is 0 Å². The number of esters is 1. The highest BCUT2D eigenvalue weighted by molar-refractivity contribution is 5.87. The van der Waals surface area contributed by atoms with Crippen LogP contribution in [0.3, 0.4) is 0 Å². The quantitative estimate of drug-likeness (QED) is 0.587. The number of piperidine rings is 1. The molecule has 3 atom stereocenters. The van der Waals surface area contributed by atoms with Crippen LogP contribution in [0.5, 0.6) is 0 Å². The number of carboxylic acids is 1. The normalized spacial score (nSPS) is 22.5. The lowest BCUT2D eigenvalue weighted by Crippen LogP contribution is -2.49. The van der Waals surface area contributed by atoms with E-state index in [1.165, 1.54) is 0 Å². The molecule has 5 heteroatoms. The zero-order valence-electron chi connectivity index (χ0n) is 20.5. The van der Waals surface area contributed by atoms with Crippen LogP contribution >= 0.6 is 0 Å². The summed E-state index contributed by atoms with van der Waals surface area (Å²) in [6.07, 6.45) is 1.56. The first-order valence-corrected chi connectivity index (χ1v) is 11.8. The molecule has 178 valence electrons. The molecule has 1 N–H and O–H groups in total. The van der Waals surface area contributed by atoms with E-state index in [-0.39, 0.29) is 17.3 Å². The largest absolute Gasteiger partial charge is 0.478 e. The van der Waals surface area contributed by atoms with Gasteiger partial charge in [0.25, 0.3) is 0 Å². The van der Waals surface area contributed by atoms with E-state index in [0.717, 1.165) is 30.6 Å². The molecule has 0 aliphatic carbocycles. The van der Waals surface area contributed by atoms with Crippen molar-refractivity contribution in [3.05, 3.63) is 71.3 Å². The minimum absolute atomic E-state index is 0.108. The van der Waals surface area contributed by atoms with Crippen LogP contribution in [0.15, 0.2) is 54.6 Å². The first-order chi connectivity index (χ1) is 15.5. The van der Waals surface area contributed by atoms with Crippen LogP contribution in [0, 0.1) is 11.8 Å². The number of hydrogen-bond donors (Lipinski definition) is 1. The maximum absolute atomic E-state index is 13.1. The third-order valence-corrected chi connectivity index (χ3v) is 6.88. The first kappa shape index (κ1) is 25.0. The number of ether oxygens (including phenoxy) is 1. The molecular weight excluding hydrogens is 414 g/mol. The SMILES string of the molecule is CC1CN(CC(Cc2ccccc2)C(=O)OC(C)(C)C)CCC1(C)c1cccc(C(=O)O)c1. The molecule has 0 bridgehead atoms. The second-order valence-electron chi connectivity index (χ2n) is 10.6. The van der Waals surface area contributed by atoms with Crippen LogP contribution in [0.25, 0.3) is 0 Å². The molecule has 5 nitrogen and oxygen atoms in total. The predicted molar refractivity (Wildman–Crippen MR) is 130 cm³/mol. The fourth-order valence-corrected chi connectivity index (χ4v) is 4.74. The van der Waals surface area contributed by atoms with Gasteiger partial charge >= 0.3 is 11.9 Å². The average molecular weight is 452 g/mol. The van der Waals surface area contributed by atoms with Crippen molar-refractivity contribution in [1.29, 1.82) is 0 Å². The standard InChI is InChI=1S/C28H37NO4/c1-20-18-29(15-14-28(20,5)24-13-9-12-22(17-24)25(30)31)19-23(26(32)33-27(2,3)4)16-21-10-7-6-8-11-21/h6-13,17,20,23H,14-16,18-19H2,1-5H3,(H,30,31). The Morgan fingerprint density at radius 1 is 1.15 bits per heavy atom. The number of benzene rings is 2. The Labute approximate surface area is 197 Å². The molecular formula is C28H37NO4. The Morgan fingerprint density at radius 3 is 2.45 bits per heavy atom. The molecule has 1 heterocycles. The highest BCUT2D eigenvalue weighted by atomic mass is 16.6. The third-order valence-electron chi connectivity index (χ3n) is 6.88. The summed E-state index contributed by atoms with van der Waals surface area (Å²) in [6.45, 7) is 12.5. The highest BCUT2D eigenvalue weighted by Crippen LogP contribution is 2.40. The van der Waals surface area contributed by atoms with Gasteiger partial charge in [-0.3, -0.25) is 4.79 Å². The maximum atomic E-state index is 13.1. The molecule has 0 radical (unpaired) electrons. The summed E-state index contributed by atoms with van der Waals surface area (Å²) in [5, 5.41) is 9.40. The number of hydrogen-bond acceptors (Lipinski definition) is 4. The van der Waals surface area contributed by atoms with E-state index in [1.807, 2.05) is 57.2 Å². The molecule has 1 saturated heterocycles. The monoisotopic (exact) mass is 451 g/mol. The Morgan fingerprint density at radius 2 is 1.85 bits per heavy atom. The van der Waals surface area contributed by atoms with Crippen LogP contribution < -0.4 is 0 Å². The first-order valence-electron chi connectivity index (χ1n) is 11.8. The topological polar surface area (TPSA) is 66.8 Å². The summed E-state index contributed by atoms with van der Waals surface area (Å²) in [5.74, 6) is -0.974. The van der Waals surface area contributed by atoms with Gasteiger partial charge in [0, 0.05) is 13.1 Å². The third kappa shape index (κ3) is 6.44. The Hall–Kier alpha value is -2.66. The second-order valence-corrected chi connectivity index (χ2v) is 10.6. The molecule has 1 aliphatic heterocycles. The van der Waals surface area contributed by atoms with Gasteiger partial charge in [0.15, 0.2) is 0 Å². The number of aromatic carboxylic acids is 1. The molecule has 1 fully saturated rings. The van der Waals surface area contributed by atoms with E-state index in [1.54, 1.807) is 6.07 Å². The van der Waals surface area contributed by atoms with E-state index in [0.29, 0.717) is 24.4 Å². The lowest BCUT2D eigenvalue weighted by molar-refractivity contribution is -0.160. The lowest BCUT2D eigenvalue weighted by Gasteiger charge is -2.46. The fourth-order valence-electron chi connectivity index (χ4n) is 4.74. The van der Waals surface area contributed by atoms with Crippen molar-refractivity contribution < 1.29 is 19.4 Å². The Bertz CT molecular complexity index is 965. The fraction of sp³-hybridized carbons (Fsp3) is 0.500. The van der Waals surface area contributed by atoms with E-state index in [2.05, 4.69) is 30.9 Å². The number of likely N-dealkylation sites (tertiary alicyclic amines) is 1. The molecule has 1 aliphatic rings. The number of rotatable bonds is 7. The van der Waals surface area contributed by atoms with Crippen LogP contribution in [-0.2, 0) is 21.4 Å². The van der Waals surface area contributed by atoms with Crippen LogP contribution in [0.1, 0.15) is 62.5 Å². The highest BCUT2D eigenvalue weighted by Gasteiger charge is 2.39. The van der Waals surface area contributed by atoms with Gasteiger partial charge < -0.3 is 14.7 Å². The van der Waals surface area contributed by atoms with Crippen LogP contribution in [0.2, 0.25) is 0 Å². The minimum atomic E-state index is -0.897. The van der Waals surface area contributed by atoms with Crippen molar-refractivity contribution in [2.75, 3.05) is 19.6 Å². The zero-order valence-corrected chi connectivity index (χ0v) is 20.5. The smallest absolute Gasteiger partial charge is 0.335 e. The summed E-state index contributed by atoms with van der Waals surface area (Å²) in [7, 11) is 0. The van der Waals surface area contributed by atoms with Gasteiger partial charge in [0.05, 0.1) is 11.5 Å². The van der Waals surface area contributed by atoms with Crippen molar-refractivity contribution in [2.45, 2.75) is 58.5 Å². The molecule has 0 amide bonds. The van der Waals surface area contributed by atoms with Gasteiger partial charge in [-0.2, -0.15) is 0 Å². The van der Waals surface area contributed by atoms with Crippen molar-refractivity contribution in [1.82, 2.24) is 4.90 Å². The van der Waals surface area contributed by atoms with Crippen molar-refractivity contribution in [2.24, 2.45) is 11.8 Å². The average Bonchev–Trinajstić information content (AvgIpc) is 2.75. The molecule has 2 aromatic carbocycles. The molecule has 0 spiro atoms. The van der Waals surface area contributed by atoms with Gasteiger partial charge in [0.1, 0.15) is 5.60 Å². The van der Waals surface area contributed by atoms with Crippen molar-refractivity contribution in [3.8, 4) is 0 Å². The van der Waals surface area contributed by atoms with Crippen molar-refractivity contribution >= 4 is 11.9 Å². The molecule has 0 saturated carbocycles. The maximum Gasteiger partial charge on any atom is 0.335 e. The Kier molecular flexibility index (Phi) is 7.63. The van der Waals surface area contributed by atoms with E-state index in [9.17, 15) is 14.7 Å². The molecule has 0 aromatic heterocycles. The molecule has 33 heavy (non-hydrogen) atoms. The number of carbonyl (C=O) groups excluding carboxylic acids is 1.